The van der Waals surface area contributed by atoms with Gasteiger partial charge in [0, 0.05) is 32.2 Å². The molecule has 13 heteroatoms. The number of rotatable bonds is 12. The number of nitrogens with zero attached hydrogens (tertiary/aromatic N) is 3. The number of hydrogen-bond acceptors (Lipinski definition) is 10. The Balaban J connectivity index is 1.49. The van der Waals surface area contributed by atoms with E-state index < -0.39 is 6.09 Å². The van der Waals surface area contributed by atoms with Crippen molar-refractivity contribution in [3.05, 3.63) is 51.7 Å². The molecule has 2 heterocycles. The van der Waals surface area contributed by atoms with E-state index in [2.05, 4.69) is 41.5 Å². The number of carbonyl (C=O) groups is 2. The van der Waals surface area contributed by atoms with E-state index in [0.29, 0.717) is 71.0 Å². The Morgan fingerprint density at radius 3 is 2.69 bits per heavy atom. The molecule has 5 N–H and O–H groups in total. The van der Waals surface area contributed by atoms with Crippen molar-refractivity contribution in [3.8, 4) is 0 Å². The Morgan fingerprint density at radius 1 is 1.11 bits per heavy atom. The first-order valence-corrected chi connectivity index (χ1v) is 12.6. The summed E-state index contributed by atoms with van der Waals surface area (Å²) in [6.07, 6.45) is 1.08. The number of benzene rings is 1. The van der Waals surface area contributed by atoms with Gasteiger partial charge in [-0.05, 0) is 32.4 Å². The third-order valence-corrected chi connectivity index (χ3v) is 5.93. The molecular formula is C23H29ClN8O3S. The Hall–Kier alpha value is -3.48. The van der Waals surface area contributed by atoms with Crippen molar-refractivity contribution in [2.24, 2.45) is 0 Å². The van der Waals surface area contributed by atoms with Gasteiger partial charge in [-0.2, -0.15) is 0 Å². The minimum Gasteiger partial charge on any atom is -0.448 e. The molecule has 0 saturated carbocycles. The normalized spacial score (nSPS) is 10.6. The van der Waals surface area contributed by atoms with Crippen molar-refractivity contribution >= 4 is 57.4 Å². The van der Waals surface area contributed by atoms with Crippen LogP contribution in [0.25, 0.3) is 0 Å². The zero-order valence-electron chi connectivity index (χ0n) is 20.3. The smallest absolute Gasteiger partial charge is 0.407 e. The van der Waals surface area contributed by atoms with E-state index in [-0.39, 0.29) is 5.91 Å². The molecule has 0 saturated heterocycles. The largest absolute Gasteiger partial charge is 0.448 e. The molecule has 36 heavy (non-hydrogen) atoms. The van der Waals surface area contributed by atoms with E-state index in [1.54, 1.807) is 19.1 Å². The SMILES string of the molecule is CCNC(=O)OCCNCCNc1cc(Nc2ncc(C(=O)Nc3c(C)cccc3Cl)s2)nc(C)n1. The van der Waals surface area contributed by atoms with Crippen molar-refractivity contribution in [2.45, 2.75) is 20.8 Å². The van der Waals surface area contributed by atoms with Crippen LogP contribution in [-0.2, 0) is 4.74 Å². The number of aryl methyl sites for hydroxylation is 2. The van der Waals surface area contributed by atoms with Crippen LogP contribution >= 0.6 is 22.9 Å². The van der Waals surface area contributed by atoms with Crippen molar-refractivity contribution < 1.29 is 14.3 Å². The van der Waals surface area contributed by atoms with Gasteiger partial charge in [-0.1, -0.05) is 35.1 Å². The van der Waals surface area contributed by atoms with E-state index in [1.807, 2.05) is 26.0 Å². The second-order valence-corrected chi connectivity index (χ2v) is 9.01. The molecule has 1 aromatic carbocycles. The van der Waals surface area contributed by atoms with Crippen LogP contribution < -0.4 is 26.6 Å². The first-order valence-electron chi connectivity index (χ1n) is 11.4. The maximum Gasteiger partial charge on any atom is 0.407 e. The van der Waals surface area contributed by atoms with E-state index >= 15 is 0 Å². The van der Waals surface area contributed by atoms with E-state index in [9.17, 15) is 9.59 Å². The monoisotopic (exact) mass is 532 g/mol. The van der Waals surface area contributed by atoms with E-state index in [0.717, 1.165) is 5.56 Å². The highest BCUT2D eigenvalue weighted by Gasteiger charge is 2.14. The lowest BCUT2D eigenvalue weighted by molar-refractivity contribution is 0.103. The molecule has 11 nitrogen and oxygen atoms in total. The summed E-state index contributed by atoms with van der Waals surface area (Å²) in [6.45, 7) is 8.14. The summed E-state index contributed by atoms with van der Waals surface area (Å²) in [5.41, 5.74) is 1.45. The zero-order valence-corrected chi connectivity index (χ0v) is 21.8. The highest BCUT2D eigenvalue weighted by Crippen LogP contribution is 2.28. The maximum absolute atomic E-state index is 12.7. The Bertz CT molecular complexity index is 1170. The first kappa shape index (κ1) is 27.1. The number of hydrogen-bond donors (Lipinski definition) is 5. The van der Waals surface area contributed by atoms with Gasteiger partial charge in [0.1, 0.15) is 28.9 Å². The number of nitrogens with one attached hydrogen (secondary N) is 5. The van der Waals surface area contributed by atoms with Crippen molar-refractivity contribution in [3.63, 3.8) is 0 Å². The number of para-hydroxylation sites is 1. The number of aromatic nitrogens is 3. The third-order valence-electron chi connectivity index (χ3n) is 4.70. The summed E-state index contributed by atoms with van der Waals surface area (Å²) in [6, 6.07) is 7.20. The van der Waals surface area contributed by atoms with Gasteiger partial charge < -0.3 is 31.3 Å². The minimum absolute atomic E-state index is 0.290. The summed E-state index contributed by atoms with van der Waals surface area (Å²) in [5.74, 6) is 1.49. The van der Waals surface area contributed by atoms with Crippen molar-refractivity contribution in [2.75, 3.05) is 48.7 Å². The summed E-state index contributed by atoms with van der Waals surface area (Å²) in [4.78, 5) is 37.4. The Kier molecular flexibility index (Phi) is 10.2. The topological polar surface area (TPSA) is 142 Å². The molecule has 0 aliphatic rings. The number of halogens is 1. The molecule has 192 valence electrons. The highest BCUT2D eigenvalue weighted by molar-refractivity contribution is 7.17. The number of amides is 2. The van der Waals surface area contributed by atoms with Gasteiger partial charge in [0.15, 0.2) is 5.13 Å². The van der Waals surface area contributed by atoms with Gasteiger partial charge in [-0.15, -0.1) is 0 Å². The van der Waals surface area contributed by atoms with Gasteiger partial charge in [0.25, 0.3) is 5.91 Å². The number of ether oxygens (including phenoxy) is 1. The molecule has 0 unspecified atom stereocenters. The molecular weight excluding hydrogens is 504 g/mol. The summed E-state index contributed by atoms with van der Waals surface area (Å²) < 4.78 is 4.99. The number of thiazole rings is 1. The average molecular weight is 533 g/mol. The molecule has 3 rings (SSSR count). The predicted molar refractivity (Wildman–Crippen MR) is 143 cm³/mol. The van der Waals surface area contributed by atoms with Crippen molar-refractivity contribution in [1.29, 1.82) is 0 Å². The summed E-state index contributed by atoms with van der Waals surface area (Å²) >= 11 is 7.41. The summed E-state index contributed by atoms with van der Waals surface area (Å²) in [7, 11) is 0. The van der Waals surface area contributed by atoms with Gasteiger partial charge in [0.2, 0.25) is 0 Å². The molecule has 0 aliphatic heterocycles. The van der Waals surface area contributed by atoms with Crippen molar-refractivity contribution in [1.82, 2.24) is 25.6 Å². The quantitative estimate of drug-likeness (QED) is 0.219. The maximum atomic E-state index is 12.7. The van der Waals surface area contributed by atoms with Gasteiger partial charge >= 0.3 is 6.09 Å². The molecule has 2 aromatic heterocycles. The van der Waals surface area contributed by atoms with E-state index in [1.165, 1.54) is 17.5 Å². The molecule has 0 bridgehead atoms. The van der Waals surface area contributed by atoms with Crippen LogP contribution in [0.2, 0.25) is 5.02 Å². The predicted octanol–water partition coefficient (Wildman–Crippen LogP) is 3.95. The lowest BCUT2D eigenvalue weighted by Crippen LogP contribution is -2.30. The second kappa shape index (κ2) is 13.6. The molecule has 0 atom stereocenters. The van der Waals surface area contributed by atoms with Crippen LogP contribution in [0.3, 0.4) is 0 Å². The summed E-state index contributed by atoms with van der Waals surface area (Å²) in [5, 5.41) is 15.9. The fourth-order valence-electron chi connectivity index (χ4n) is 3.05. The molecule has 0 fully saturated rings. The van der Waals surface area contributed by atoms with Crippen LogP contribution in [-0.4, -0.2) is 59.7 Å². The second-order valence-electron chi connectivity index (χ2n) is 7.57. The fourth-order valence-corrected chi connectivity index (χ4v) is 4.04. The number of alkyl carbamates (subject to hydrolysis) is 1. The fraction of sp³-hybridized carbons (Fsp3) is 0.348. The molecule has 2 amide bonds. The highest BCUT2D eigenvalue weighted by atomic mass is 35.5. The van der Waals surface area contributed by atoms with Crippen LogP contribution in [0.5, 0.6) is 0 Å². The molecule has 0 aliphatic carbocycles. The van der Waals surface area contributed by atoms with Crippen LogP contribution in [0, 0.1) is 13.8 Å². The van der Waals surface area contributed by atoms with Gasteiger partial charge in [-0.3, -0.25) is 4.79 Å². The lowest BCUT2D eigenvalue weighted by Gasteiger charge is -2.10. The average Bonchev–Trinajstić information content (AvgIpc) is 3.29. The third kappa shape index (κ3) is 8.33. The van der Waals surface area contributed by atoms with Crippen LogP contribution in [0.4, 0.5) is 27.2 Å². The number of anilines is 4. The van der Waals surface area contributed by atoms with Gasteiger partial charge in [-0.25, -0.2) is 19.7 Å². The molecule has 0 radical (unpaired) electrons. The Morgan fingerprint density at radius 2 is 1.92 bits per heavy atom. The van der Waals surface area contributed by atoms with E-state index in [4.69, 9.17) is 16.3 Å². The van der Waals surface area contributed by atoms with Gasteiger partial charge in [0.05, 0.1) is 16.9 Å². The zero-order chi connectivity index (χ0) is 25.9. The Labute approximate surface area is 218 Å². The minimum atomic E-state index is -0.419. The first-order chi connectivity index (χ1) is 17.4. The standard InChI is InChI=1S/C23H29ClN8O3S/c1-4-26-23(34)35-11-10-25-8-9-27-18-12-19(30-15(3)29-18)31-22-28-13-17(36-22)21(33)32-20-14(2)6-5-7-16(20)24/h5-7,12-13,25H,4,8-11H2,1-3H3,(H,26,34)(H,32,33)(H2,27,28,29,30,31). The van der Waals surface area contributed by atoms with Crippen LogP contribution in [0.1, 0.15) is 28.0 Å². The van der Waals surface area contributed by atoms with Crippen LogP contribution in [0.15, 0.2) is 30.5 Å². The molecule has 0 spiro atoms. The number of carbonyl (C=O) groups excluding carboxylic acids is 2. The molecule has 3 aromatic rings. The lowest BCUT2D eigenvalue weighted by atomic mass is 10.2.